The third kappa shape index (κ3) is 5.01. The molecule has 0 saturated heterocycles. The lowest BCUT2D eigenvalue weighted by Gasteiger charge is -2.24. The topological polar surface area (TPSA) is 41.6 Å². The Bertz CT molecular complexity index is 633. The van der Waals surface area contributed by atoms with Crippen LogP contribution in [0.3, 0.4) is 0 Å². The predicted octanol–water partition coefficient (Wildman–Crippen LogP) is 3.38. The van der Waals surface area contributed by atoms with Gasteiger partial charge < -0.3 is 15.0 Å². The molecule has 2 aromatic rings. The number of alkyl halides is 2. The first-order valence-electron chi connectivity index (χ1n) is 6.99. The van der Waals surface area contributed by atoms with E-state index in [1.54, 1.807) is 17.4 Å². The fraction of sp³-hybridized carbons (Fsp3) is 0.312. The van der Waals surface area contributed by atoms with Crippen molar-refractivity contribution in [3.05, 3.63) is 52.2 Å². The van der Waals surface area contributed by atoms with Crippen molar-refractivity contribution in [2.75, 3.05) is 20.6 Å². The molecule has 7 heteroatoms. The van der Waals surface area contributed by atoms with Crippen LogP contribution in [-0.2, 0) is 0 Å². The Morgan fingerprint density at radius 3 is 2.74 bits per heavy atom. The molecule has 1 N–H and O–H groups in total. The fourth-order valence-corrected chi connectivity index (χ4v) is 2.88. The van der Waals surface area contributed by atoms with Crippen molar-refractivity contribution < 1.29 is 18.3 Å². The fourth-order valence-electron chi connectivity index (χ4n) is 2.17. The van der Waals surface area contributed by atoms with Gasteiger partial charge in [0, 0.05) is 12.1 Å². The minimum atomic E-state index is -2.91. The van der Waals surface area contributed by atoms with Gasteiger partial charge in [0.25, 0.3) is 5.91 Å². The summed E-state index contributed by atoms with van der Waals surface area (Å²) in [6, 6.07) is 7.81. The molecular weight excluding hydrogens is 322 g/mol. The normalized spacial score (nSPS) is 12.4. The van der Waals surface area contributed by atoms with Gasteiger partial charge in [-0.15, -0.1) is 0 Å². The summed E-state index contributed by atoms with van der Waals surface area (Å²) in [6.07, 6.45) is 0. The summed E-state index contributed by atoms with van der Waals surface area (Å²) in [5, 5.41) is 6.85. The summed E-state index contributed by atoms with van der Waals surface area (Å²) in [4.78, 5) is 14.2. The number of nitrogens with one attached hydrogen (secondary N) is 1. The minimum Gasteiger partial charge on any atom is -0.435 e. The molecule has 0 spiro atoms. The third-order valence-electron chi connectivity index (χ3n) is 3.33. The van der Waals surface area contributed by atoms with E-state index in [-0.39, 0.29) is 23.3 Å². The van der Waals surface area contributed by atoms with Crippen molar-refractivity contribution in [3.8, 4) is 5.75 Å². The maximum Gasteiger partial charge on any atom is 0.387 e. The van der Waals surface area contributed by atoms with Crippen molar-refractivity contribution in [2.24, 2.45) is 0 Å². The first kappa shape index (κ1) is 17.4. The second-order valence-corrected chi connectivity index (χ2v) is 5.93. The zero-order chi connectivity index (χ0) is 16.8. The van der Waals surface area contributed by atoms with E-state index in [0.29, 0.717) is 6.54 Å². The van der Waals surface area contributed by atoms with Crippen molar-refractivity contribution in [2.45, 2.75) is 12.7 Å². The molecule has 1 atom stereocenters. The molecule has 0 bridgehead atoms. The monoisotopic (exact) mass is 340 g/mol. The van der Waals surface area contributed by atoms with Crippen molar-refractivity contribution >= 4 is 17.2 Å². The smallest absolute Gasteiger partial charge is 0.387 e. The van der Waals surface area contributed by atoms with Gasteiger partial charge in [-0.3, -0.25) is 4.79 Å². The van der Waals surface area contributed by atoms with Gasteiger partial charge in [0.1, 0.15) is 5.75 Å². The summed E-state index contributed by atoms with van der Waals surface area (Å²) in [6.45, 7) is -2.49. The molecule has 0 aliphatic rings. The summed E-state index contributed by atoms with van der Waals surface area (Å²) in [5.41, 5.74) is 1.40. The molecule has 2 rings (SSSR count). The first-order valence-corrected chi connectivity index (χ1v) is 7.93. The number of thiophene rings is 1. The lowest BCUT2D eigenvalue weighted by molar-refractivity contribution is -0.0498. The molecule has 1 unspecified atom stereocenters. The highest BCUT2D eigenvalue weighted by molar-refractivity contribution is 7.07. The van der Waals surface area contributed by atoms with Gasteiger partial charge in [-0.05, 0) is 54.7 Å². The van der Waals surface area contributed by atoms with Crippen LogP contribution in [0.15, 0.2) is 41.1 Å². The Morgan fingerprint density at radius 1 is 1.35 bits per heavy atom. The number of carbonyl (C=O) groups is 1. The highest BCUT2D eigenvalue weighted by Gasteiger charge is 2.16. The number of benzene rings is 1. The van der Waals surface area contributed by atoms with E-state index in [9.17, 15) is 13.6 Å². The lowest BCUT2D eigenvalue weighted by atomic mass is 10.1. The van der Waals surface area contributed by atoms with Crippen LogP contribution in [0.2, 0.25) is 0 Å². The second-order valence-electron chi connectivity index (χ2n) is 5.15. The van der Waals surface area contributed by atoms with E-state index in [0.717, 1.165) is 5.56 Å². The number of nitrogens with zero attached hydrogens (tertiary/aromatic N) is 1. The number of hydrogen-bond donors (Lipinski definition) is 1. The van der Waals surface area contributed by atoms with Crippen LogP contribution in [-0.4, -0.2) is 38.1 Å². The summed E-state index contributed by atoms with van der Waals surface area (Å²) < 4.78 is 28.8. The van der Waals surface area contributed by atoms with Crippen LogP contribution in [0.25, 0.3) is 0 Å². The van der Waals surface area contributed by atoms with Gasteiger partial charge in [0.2, 0.25) is 0 Å². The minimum absolute atomic E-state index is 0.0327. The van der Waals surface area contributed by atoms with Gasteiger partial charge in [-0.2, -0.15) is 20.1 Å². The average Bonchev–Trinajstić information content (AvgIpc) is 3.00. The number of hydrogen-bond acceptors (Lipinski definition) is 4. The number of halogens is 2. The van der Waals surface area contributed by atoms with Gasteiger partial charge in [-0.1, -0.05) is 6.07 Å². The van der Waals surface area contributed by atoms with E-state index < -0.39 is 6.61 Å². The maximum atomic E-state index is 12.2. The molecule has 1 aromatic heterocycles. The molecule has 1 amide bonds. The number of carbonyl (C=O) groups excluding carboxylic acids is 1. The molecule has 0 saturated carbocycles. The van der Waals surface area contributed by atoms with Crippen LogP contribution < -0.4 is 10.1 Å². The Labute approximate surface area is 137 Å². The Balaban J connectivity index is 2.01. The van der Waals surface area contributed by atoms with E-state index in [4.69, 9.17) is 0 Å². The molecule has 0 aliphatic carbocycles. The van der Waals surface area contributed by atoms with Crippen LogP contribution in [0.4, 0.5) is 8.78 Å². The van der Waals surface area contributed by atoms with Gasteiger partial charge >= 0.3 is 6.61 Å². The number of rotatable bonds is 7. The Morgan fingerprint density at radius 2 is 2.13 bits per heavy atom. The van der Waals surface area contributed by atoms with E-state index in [2.05, 4.69) is 10.1 Å². The van der Waals surface area contributed by atoms with Crippen LogP contribution >= 0.6 is 11.3 Å². The molecule has 4 nitrogen and oxygen atoms in total. The van der Waals surface area contributed by atoms with Gasteiger partial charge in [-0.25, -0.2) is 0 Å². The highest BCUT2D eigenvalue weighted by Crippen LogP contribution is 2.20. The van der Waals surface area contributed by atoms with Crippen LogP contribution in [0.5, 0.6) is 5.75 Å². The van der Waals surface area contributed by atoms with Crippen LogP contribution in [0, 0.1) is 0 Å². The molecule has 0 radical (unpaired) electrons. The molecule has 124 valence electrons. The maximum absolute atomic E-state index is 12.2. The number of likely N-dealkylation sites (N-methyl/N-ethyl adjacent to an activating group) is 1. The summed E-state index contributed by atoms with van der Waals surface area (Å²) in [5.74, 6) is -0.360. The van der Waals surface area contributed by atoms with Crippen molar-refractivity contribution in [1.29, 1.82) is 0 Å². The molecule has 0 aliphatic heterocycles. The van der Waals surface area contributed by atoms with E-state index in [1.807, 2.05) is 35.8 Å². The van der Waals surface area contributed by atoms with E-state index in [1.165, 1.54) is 18.2 Å². The molecule has 1 heterocycles. The number of ether oxygens (including phenoxy) is 1. The Kier molecular flexibility index (Phi) is 6.06. The molecular formula is C16H18F2N2O2S. The SMILES string of the molecule is CN(C)C(CNC(=O)c1cccc(OC(F)F)c1)c1ccsc1. The average molecular weight is 340 g/mol. The van der Waals surface area contributed by atoms with Crippen LogP contribution in [0.1, 0.15) is 22.0 Å². The zero-order valence-electron chi connectivity index (χ0n) is 12.8. The van der Waals surface area contributed by atoms with Crippen molar-refractivity contribution in [3.63, 3.8) is 0 Å². The third-order valence-corrected chi connectivity index (χ3v) is 4.03. The highest BCUT2D eigenvalue weighted by atomic mass is 32.1. The Hall–Kier alpha value is -1.99. The predicted molar refractivity (Wildman–Crippen MR) is 86.2 cm³/mol. The summed E-state index contributed by atoms with van der Waals surface area (Å²) >= 11 is 1.60. The van der Waals surface area contributed by atoms with E-state index >= 15 is 0 Å². The largest absolute Gasteiger partial charge is 0.435 e. The second kappa shape index (κ2) is 8.03. The lowest BCUT2D eigenvalue weighted by Crippen LogP contribution is -2.34. The standard InChI is InChI=1S/C16H18F2N2O2S/c1-20(2)14(12-6-7-23-10-12)9-19-15(21)11-4-3-5-13(8-11)22-16(17)18/h3-8,10,14,16H,9H2,1-2H3,(H,19,21). The quantitative estimate of drug-likeness (QED) is 0.840. The molecule has 0 fully saturated rings. The number of amides is 1. The van der Waals surface area contributed by atoms with Gasteiger partial charge in [0.05, 0.1) is 6.04 Å². The van der Waals surface area contributed by atoms with Crippen molar-refractivity contribution in [1.82, 2.24) is 10.2 Å². The zero-order valence-corrected chi connectivity index (χ0v) is 13.6. The molecule has 23 heavy (non-hydrogen) atoms. The summed E-state index contributed by atoms with van der Waals surface area (Å²) in [7, 11) is 3.87. The first-order chi connectivity index (χ1) is 11.0. The molecule has 1 aromatic carbocycles. The van der Waals surface area contributed by atoms with Gasteiger partial charge in [0.15, 0.2) is 0 Å².